The van der Waals surface area contributed by atoms with Gasteiger partial charge in [-0.05, 0) is 18.0 Å². The van der Waals surface area contributed by atoms with E-state index in [2.05, 4.69) is 0 Å². The molecule has 0 aliphatic rings. The van der Waals surface area contributed by atoms with Crippen molar-refractivity contribution in [1.82, 2.24) is 0 Å². The summed E-state index contributed by atoms with van der Waals surface area (Å²) in [7, 11) is 0. The van der Waals surface area contributed by atoms with Crippen LogP contribution in [-0.4, -0.2) is 21.6 Å². The van der Waals surface area contributed by atoms with Gasteiger partial charge in [0, 0.05) is 6.42 Å². The number of esters is 1. The van der Waals surface area contributed by atoms with Crippen LogP contribution in [0.3, 0.4) is 0 Å². The molecular formula is C11H16Cl4O3. The highest BCUT2D eigenvalue weighted by Crippen LogP contribution is 2.27. The molecule has 0 aromatic heterocycles. The SMILES string of the molecule is CCCCC[C@@H](CC(=O)Cl)C(=O)OCC(Cl)(Cl)Cl. The Morgan fingerprint density at radius 1 is 1.22 bits per heavy atom. The van der Waals surface area contributed by atoms with Crippen LogP contribution in [0.15, 0.2) is 0 Å². The predicted octanol–water partition coefficient (Wildman–Crippen LogP) is 4.25. The summed E-state index contributed by atoms with van der Waals surface area (Å²) in [6, 6.07) is 0. The molecule has 0 aromatic rings. The highest BCUT2D eigenvalue weighted by Gasteiger charge is 2.27. The van der Waals surface area contributed by atoms with Gasteiger partial charge in [0.2, 0.25) is 9.03 Å². The molecule has 18 heavy (non-hydrogen) atoms. The van der Waals surface area contributed by atoms with Gasteiger partial charge in [-0.1, -0.05) is 61.0 Å². The lowest BCUT2D eigenvalue weighted by Gasteiger charge is -2.16. The third kappa shape index (κ3) is 10.2. The van der Waals surface area contributed by atoms with Gasteiger partial charge in [-0.2, -0.15) is 0 Å². The highest BCUT2D eigenvalue weighted by molar-refractivity contribution is 6.67. The van der Waals surface area contributed by atoms with Gasteiger partial charge in [0.15, 0.2) is 0 Å². The molecule has 0 aromatic carbocycles. The van der Waals surface area contributed by atoms with Crippen molar-refractivity contribution in [2.45, 2.75) is 42.8 Å². The summed E-state index contributed by atoms with van der Waals surface area (Å²) in [6.45, 7) is 1.71. The van der Waals surface area contributed by atoms with Gasteiger partial charge in [0.1, 0.15) is 6.61 Å². The standard InChI is InChI=1S/C11H16Cl4O3/c1-2-3-4-5-8(6-9(12)16)10(17)18-7-11(13,14)15/h8H,2-7H2,1H3/t8-/m0/s1. The predicted molar refractivity (Wildman–Crippen MR) is 74.4 cm³/mol. The van der Waals surface area contributed by atoms with Crippen molar-refractivity contribution >= 4 is 57.6 Å². The van der Waals surface area contributed by atoms with Gasteiger partial charge < -0.3 is 4.74 Å². The summed E-state index contributed by atoms with van der Waals surface area (Å²) in [5.41, 5.74) is 0. The van der Waals surface area contributed by atoms with Crippen LogP contribution in [-0.2, 0) is 14.3 Å². The molecule has 106 valence electrons. The molecule has 0 aliphatic carbocycles. The maximum absolute atomic E-state index is 11.7. The monoisotopic (exact) mass is 336 g/mol. The number of rotatable bonds is 8. The van der Waals surface area contributed by atoms with Crippen molar-refractivity contribution in [2.24, 2.45) is 5.92 Å². The van der Waals surface area contributed by atoms with Crippen LogP contribution < -0.4 is 0 Å². The van der Waals surface area contributed by atoms with E-state index in [1.54, 1.807) is 0 Å². The minimum Gasteiger partial charge on any atom is -0.461 e. The van der Waals surface area contributed by atoms with Gasteiger partial charge in [-0.3, -0.25) is 9.59 Å². The smallest absolute Gasteiger partial charge is 0.309 e. The maximum Gasteiger partial charge on any atom is 0.309 e. The first-order valence-corrected chi connectivity index (χ1v) is 7.19. The van der Waals surface area contributed by atoms with Gasteiger partial charge >= 0.3 is 5.97 Å². The molecule has 0 unspecified atom stereocenters. The molecule has 0 spiro atoms. The summed E-state index contributed by atoms with van der Waals surface area (Å²) in [6.07, 6.45) is 3.32. The van der Waals surface area contributed by atoms with Crippen molar-refractivity contribution in [3.8, 4) is 0 Å². The Morgan fingerprint density at radius 2 is 1.83 bits per heavy atom. The van der Waals surface area contributed by atoms with E-state index < -0.39 is 20.9 Å². The highest BCUT2D eigenvalue weighted by atomic mass is 35.6. The number of ether oxygens (including phenoxy) is 1. The van der Waals surface area contributed by atoms with Crippen molar-refractivity contribution in [3.63, 3.8) is 0 Å². The molecule has 0 amide bonds. The normalized spacial score (nSPS) is 13.2. The summed E-state index contributed by atoms with van der Waals surface area (Å²) in [5.74, 6) is -1.11. The average Bonchev–Trinajstić information content (AvgIpc) is 2.23. The molecule has 0 saturated heterocycles. The van der Waals surface area contributed by atoms with Crippen LogP contribution in [0.2, 0.25) is 0 Å². The van der Waals surface area contributed by atoms with Crippen LogP contribution in [0, 0.1) is 5.92 Å². The van der Waals surface area contributed by atoms with E-state index in [-0.39, 0.29) is 13.0 Å². The molecule has 7 heteroatoms. The zero-order valence-electron chi connectivity index (χ0n) is 10.1. The van der Waals surface area contributed by atoms with Crippen molar-refractivity contribution in [2.75, 3.05) is 6.61 Å². The zero-order valence-corrected chi connectivity index (χ0v) is 13.1. The third-order valence-corrected chi connectivity index (χ3v) is 2.76. The fraction of sp³-hybridized carbons (Fsp3) is 0.818. The lowest BCUT2D eigenvalue weighted by molar-refractivity contribution is -0.149. The van der Waals surface area contributed by atoms with Gasteiger partial charge in [0.25, 0.3) is 0 Å². The van der Waals surface area contributed by atoms with E-state index >= 15 is 0 Å². The first kappa shape index (κ1) is 18.3. The molecule has 0 aliphatic heterocycles. The first-order chi connectivity index (χ1) is 8.26. The summed E-state index contributed by atoms with van der Waals surface area (Å²) in [5, 5.41) is -0.567. The molecule has 0 bridgehead atoms. The van der Waals surface area contributed by atoms with E-state index in [0.717, 1.165) is 19.3 Å². The van der Waals surface area contributed by atoms with Crippen molar-refractivity contribution in [1.29, 1.82) is 0 Å². The molecule has 3 nitrogen and oxygen atoms in total. The van der Waals surface area contributed by atoms with E-state index in [0.29, 0.717) is 6.42 Å². The summed E-state index contributed by atoms with van der Waals surface area (Å²) in [4.78, 5) is 22.6. The topological polar surface area (TPSA) is 43.4 Å². The number of carbonyl (C=O) groups excluding carboxylic acids is 2. The van der Waals surface area contributed by atoms with Crippen molar-refractivity contribution < 1.29 is 14.3 Å². The second kappa shape index (κ2) is 9.24. The zero-order chi connectivity index (χ0) is 14.2. The van der Waals surface area contributed by atoms with Crippen molar-refractivity contribution in [3.05, 3.63) is 0 Å². The summed E-state index contributed by atoms with van der Waals surface area (Å²) >= 11 is 21.7. The second-order valence-electron chi connectivity index (χ2n) is 3.97. The molecule has 1 atom stereocenters. The lowest BCUT2D eigenvalue weighted by atomic mass is 9.98. The quantitative estimate of drug-likeness (QED) is 0.288. The minimum absolute atomic E-state index is 0.0516. The minimum atomic E-state index is -1.64. The Balaban J connectivity index is 4.26. The first-order valence-electron chi connectivity index (χ1n) is 5.68. The lowest BCUT2D eigenvalue weighted by Crippen LogP contribution is -2.24. The van der Waals surface area contributed by atoms with Crippen LogP contribution in [0.1, 0.15) is 39.0 Å². The number of hydrogen-bond donors (Lipinski definition) is 0. The van der Waals surface area contributed by atoms with Crippen LogP contribution in [0.25, 0.3) is 0 Å². The molecular weight excluding hydrogens is 322 g/mol. The fourth-order valence-electron chi connectivity index (χ4n) is 1.41. The fourth-order valence-corrected chi connectivity index (χ4v) is 1.76. The van der Waals surface area contributed by atoms with Crippen LogP contribution >= 0.6 is 46.4 Å². The van der Waals surface area contributed by atoms with Crippen LogP contribution in [0.5, 0.6) is 0 Å². The van der Waals surface area contributed by atoms with E-state index in [9.17, 15) is 9.59 Å². The van der Waals surface area contributed by atoms with E-state index in [1.165, 1.54) is 0 Å². The number of carbonyl (C=O) groups is 2. The molecule has 0 radical (unpaired) electrons. The Kier molecular flexibility index (Phi) is 9.40. The Bertz CT molecular complexity index is 276. The van der Waals surface area contributed by atoms with Gasteiger partial charge in [0.05, 0.1) is 5.92 Å². The van der Waals surface area contributed by atoms with Crippen LogP contribution in [0.4, 0.5) is 0 Å². The average molecular weight is 338 g/mol. The second-order valence-corrected chi connectivity index (χ2v) is 6.91. The molecule has 0 rings (SSSR count). The van der Waals surface area contributed by atoms with E-state index in [4.69, 9.17) is 51.1 Å². The Hall–Kier alpha value is 0.300. The largest absolute Gasteiger partial charge is 0.461 e. The molecule has 0 fully saturated rings. The van der Waals surface area contributed by atoms with Gasteiger partial charge in [-0.15, -0.1) is 0 Å². The number of unbranched alkanes of at least 4 members (excludes halogenated alkanes) is 2. The number of hydrogen-bond acceptors (Lipinski definition) is 3. The maximum atomic E-state index is 11.7. The molecule has 0 saturated carbocycles. The third-order valence-electron chi connectivity index (χ3n) is 2.27. The Labute approximate surface area is 127 Å². The Morgan fingerprint density at radius 3 is 2.28 bits per heavy atom. The summed E-state index contributed by atoms with van der Waals surface area (Å²) < 4.78 is 3.21. The van der Waals surface area contributed by atoms with Gasteiger partial charge in [-0.25, -0.2) is 0 Å². The number of halogens is 4. The molecule has 0 heterocycles. The van der Waals surface area contributed by atoms with E-state index in [1.807, 2.05) is 6.92 Å². The molecule has 0 N–H and O–H groups in total. The number of alkyl halides is 3.